The van der Waals surface area contributed by atoms with Crippen molar-refractivity contribution in [2.24, 2.45) is 0 Å². The van der Waals surface area contributed by atoms with Gasteiger partial charge in [0.1, 0.15) is 0 Å². The van der Waals surface area contributed by atoms with Crippen molar-refractivity contribution in [2.45, 2.75) is 45.8 Å². The Morgan fingerprint density at radius 3 is 1.82 bits per heavy atom. The molecule has 0 fully saturated rings. The lowest BCUT2D eigenvalue weighted by Crippen LogP contribution is -2.57. The van der Waals surface area contributed by atoms with Crippen molar-refractivity contribution in [2.75, 3.05) is 0 Å². The minimum atomic E-state index is -2.51. The van der Waals surface area contributed by atoms with Gasteiger partial charge in [0, 0.05) is 0 Å². The molecule has 0 aliphatic rings. The van der Waals surface area contributed by atoms with E-state index in [0.717, 1.165) is 13.8 Å². The van der Waals surface area contributed by atoms with E-state index in [9.17, 15) is 19.2 Å². The summed E-state index contributed by atoms with van der Waals surface area (Å²) in [5, 5.41) is 8.67. The summed E-state index contributed by atoms with van der Waals surface area (Å²) < 4.78 is 5.10. The standard InChI is InChI=1S/C11H16O6/c1-5-6(2)17-11(7(3)12,8(4)13)9(14)10(15)16/h6H,5H2,1-4H3,(H,15,16). The Morgan fingerprint density at radius 1 is 1.18 bits per heavy atom. The van der Waals surface area contributed by atoms with Gasteiger partial charge >= 0.3 is 5.97 Å². The topological polar surface area (TPSA) is 97.7 Å². The molecule has 0 rings (SSSR count). The Morgan fingerprint density at radius 2 is 1.59 bits per heavy atom. The number of carbonyl (C=O) groups is 4. The fraction of sp³-hybridized carbons (Fsp3) is 0.636. The smallest absolute Gasteiger partial charge is 0.376 e. The van der Waals surface area contributed by atoms with Gasteiger partial charge < -0.3 is 9.84 Å². The number of aliphatic carboxylic acids is 1. The normalized spacial score (nSPS) is 12.9. The van der Waals surface area contributed by atoms with Gasteiger partial charge in [-0.3, -0.25) is 14.4 Å². The predicted octanol–water partition coefficient (Wildman–Crippen LogP) is 0.372. The van der Waals surface area contributed by atoms with Crippen molar-refractivity contribution in [3.8, 4) is 0 Å². The molecule has 0 aromatic heterocycles. The quantitative estimate of drug-likeness (QED) is 0.513. The van der Waals surface area contributed by atoms with Crippen LogP contribution in [0, 0.1) is 0 Å². The van der Waals surface area contributed by atoms with Crippen LogP contribution in [0.2, 0.25) is 0 Å². The fourth-order valence-electron chi connectivity index (χ4n) is 1.32. The molecule has 0 saturated carbocycles. The minimum absolute atomic E-state index is 0.440. The molecule has 0 aromatic carbocycles. The number of ether oxygens (including phenoxy) is 1. The predicted molar refractivity (Wildman–Crippen MR) is 57.6 cm³/mol. The lowest BCUT2D eigenvalue weighted by molar-refractivity contribution is -0.176. The lowest BCUT2D eigenvalue weighted by Gasteiger charge is -2.28. The number of hydrogen-bond acceptors (Lipinski definition) is 5. The number of Topliss-reactive ketones (excluding diaryl/α,β-unsaturated/α-hetero) is 3. The van der Waals surface area contributed by atoms with Crippen molar-refractivity contribution in [3.63, 3.8) is 0 Å². The van der Waals surface area contributed by atoms with Crippen LogP contribution in [0.25, 0.3) is 0 Å². The van der Waals surface area contributed by atoms with E-state index in [1.807, 2.05) is 0 Å². The number of carboxylic acid groups (broad SMARTS) is 1. The monoisotopic (exact) mass is 244 g/mol. The third-order valence-corrected chi connectivity index (χ3v) is 2.46. The maximum atomic E-state index is 11.5. The lowest BCUT2D eigenvalue weighted by atomic mass is 9.89. The SMILES string of the molecule is CCC(C)OC(C(C)=O)(C(C)=O)C(=O)C(=O)O. The van der Waals surface area contributed by atoms with Crippen molar-refractivity contribution in [1.29, 1.82) is 0 Å². The van der Waals surface area contributed by atoms with Gasteiger partial charge in [0.25, 0.3) is 11.4 Å². The van der Waals surface area contributed by atoms with E-state index < -0.39 is 35.0 Å². The van der Waals surface area contributed by atoms with Gasteiger partial charge in [-0.25, -0.2) is 4.79 Å². The van der Waals surface area contributed by atoms with Crippen LogP contribution >= 0.6 is 0 Å². The molecule has 1 unspecified atom stereocenters. The third-order valence-electron chi connectivity index (χ3n) is 2.46. The van der Waals surface area contributed by atoms with Gasteiger partial charge in [0.2, 0.25) is 0 Å². The van der Waals surface area contributed by atoms with Crippen molar-refractivity contribution in [1.82, 2.24) is 0 Å². The van der Waals surface area contributed by atoms with Crippen LogP contribution in [0.1, 0.15) is 34.1 Å². The van der Waals surface area contributed by atoms with Crippen LogP contribution in [0.3, 0.4) is 0 Å². The average Bonchev–Trinajstić information content (AvgIpc) is 2.23. The van der Waals surface area contributed by atoms with Gasteiger partial charge in [-0.05, 0) is 27.2 Å². The number of carboxylic acids is 1. The Bertz CT molecular complexity index is 343. The first kappa shape index (κ1) is 15.4. The molecular formula is C11H16O6. The summed E-state index contributed by atoms with van der Waals surface area (Å²) >= 11 is 0. The van der Waals surface area contributed by atoms with E-state index in [1.165, 1.54) is 0 Å². The summed E-state index contributed by atoms with van der Waals surface area (Å²) in [7, 11) is 0. The molecule has 0 aromatic rings. The molecule has 17 heavy (non-hydrogen) atoms. The molecule has 0 aliphatic carbocycles. The van der Waals surface area contributed by atoms with Crippen LogP contribution in [-0.4, -0.2) is 40.1 Å². The summed E-state index contributed by atoms with van der Waals surface area (Å²) in [5.41, 5.74) is -2.51. The summed E-state index contributed by atoms with van der Waals surface area (Å²) in [5.74, 6) is -5.24. The summed E-state index contributed by atoms with van der Waals surface area (Å²) in [6, 6.07) is 0. The highest BCUT2D eigenvalue weighted by molar-refractivity contribution is 6.48. The summed E-state index contributed by atoms with van der Waals surface area (Å²) in [6.07, 6.45) is -0.138. The third kappa shape index (κ3) is 2.97. The van der Waals surface area contributed by atoms with Crippen LogP contribution in [0.5, 0.6) is 0 Å². The second kappa shape index (κ2) is 5.67. The molecule has 0 bridgehead atoms. The number of ketones is 3. The van der Waals surface area contributed by atoms with E-state index in [1.54, 1.807) is 13.8 Å². The molecule has 0 amide bonds. The Balaban J connectivity index is 5.60. The average molecular weight is 244 g/mol. The van der Waals surface area contributed by atoms with Gasteiger partial charge in [0.15, 0.2) is 11.6 Å². The Hall–Kier alpha value is -1.56. The number of hydrogen-bond donors (Lipinski definition) is 1. The number of rotatable bonds is 7. The molecule has 6 nitrogen and oxygen atoms in total. The van der Waals surface area contributed by atoms with Gasteiger partial charge in [-0.15, -0.1) is 0 Å². The van der Waals surface area contributed by atoms with Crippen LogP contribution in [0.15, 0.2) is 0 Å². The van der Waals surface area contributed by atoms with Gasteiger partial charge in [-0.1, -0.05) is 6.92 Å². The maximum absolute atomic E-state index is 11.5. The van der Waals surface area contributed by atoms with Gasteiger partial charge in [0.05, 0.1) is 6.10 Å². The second-order valence-electron chi connectivity index (χ2n) is 3.76. The van der Waals surface area contributed by atoms with E-state index in [2.05, 4.69) is 0 Å². The van der Waals surface area contributed by atoms with Crippen molar-refractivity contribution < 1.29 is 29.0 Å². The zero-order chi connectivity index (χ0) is 13.8. The molecule has 0 heterocycles. The largest absolute Gasteiger partial charge is 0.475 e. The summed E-state index contributed by atoms with van der Waals surface area (Å²) in [6.45, 7) is 5.20. The molecule has 0 saturated heterocycles. The molecule has 1 atom stereocenters. The Kier molecular flexibility index (Phi) is 5.15. The molecule has 1 N–H and O–H groups in total. The highest BCUT2D eigenvalue weighted by atomic mass is 16.5. The van der Waals surface area contributed by atoms with Crippen molar-refractivity contribution in [3.05, 3.63) is 0 Å². The maximum Gasteiger partial charge on any atom is 0.376 e. The highest BCUT2D eigenvalue weighted by Crippen LogP contribution is 2.20. The minimum Gasteiger partial charge on any atom is -0.475 e. The first-order chi connectivity index (χ1) is 7.70. The molecule has 96 valence electrons. The first-order valence-electron chi connectivity index (χ1n) is 5.17. The van der Waals surface area contributed by atoms with Crippen LogP contribution < -0.4 is 0 Å². The molecular weight excluding hydrogens is 228 g/mol. The zero-order valence-electron chi connectivity index (χ0n) is 10.3. The molecule has 0 spiro atoms. The molecule has 0 aliphatic heterocycles. The Labute approximate surface area is 98.9 Å². The molecule has 0 radical (unpaired) electrons. The fourth-order valence-corrected chi connectivity index (χ4v) is 1.32. The second-order valence-corrected chi connectivity index (χ2v) is 3.76. The molecule has 6 heteroatoms. The first-order valence-corrected chi connectivity index (χ1v) is 5.17. The van der Waals surface area contributed by atoms with E-state index >= 15 is 0 Å². The number of carbonyl (C=O) groups excluding carboxylic acids is 3. The van der Waals surface area contributed by atoms with Crippen molar-refractivity contribution >= 4 is 23.3 Å². The zero-order valence-corrected chi connectivity index (χ0v) is 10.3. The van der Waals surface area contributed by atoms with Crippen LogP contribution in [0.4, 0.5) is 0 Å². The van der Waals surface area contributed by atoms with E-state index in [-0.39, 0.29) is 0 Å². The highest BCUT2D eigenvalue weighted by Gasteiger charge is 2.53. The van der Waals surface area contributed by atoms with E-state index in [0.29, 0.717) is 6.42 Å². The van der Waals surface area contributed by atoms with Gasteiger partial charge in [-0.2, -0.15) is 0 Å². The van der Waals surface area contributed by atoms with Crippen LogP contribution in [-0.2, 0) is 23.9 Å². The summed E-state index contributed by atoms with van der Waals surface area (Å²) in [4.78, 5) is 45.2. The van der Waals surface area contributed by atoms with E-state index in [4.69, 9.17) is 9.84 Å².